The third-order valence-corrected chi connectivity index (χ3v) is 2.27. The van der Waals surface area contributed by atoms with E-state index in [0.29, 0.717) is 0 Å². The van der Waals surface area contributed by atoms with Crippen molar-refractivity contribution in [3.63, 3.8) is 0 Å². The zero-order valence-corrected chi connectivity index (χ0v) is 10.3. The molecule has 7 heteroatoms. The normalized spacial score (nSPS) is 21.8. The number of hydrogen-bond acceptors (Lipinski definition) is 7. The van der Waals surface area contributed by atoms with Crippen LogP contribution in [0.1, 0.15) is 20.8 Å². The molecule has 2 atom stereocenters. The van der Waals surface area contributed by atoms with Crippen LogP contribution in [0.3, 0.4) is 0 Å². The maximum absolute atomic E-state index is 11.6. The van der Waals surface area contributed by atoms with Crippen molar-refractivity contribution in [1.29, 1.82) is 0 Å². The molecule has 1 aliphatic rings. The topological polar surface area (TPSA) is 113 Å². The maximum Gasteiger partial charge on any atom is 0.378 e. The van der Waals surface area contributed by atoms with Crippen LogP contribution in [0.4, 0.5) is 0 Å². The van der Waals surface area contributed by atoms with E-state index >= 15 is 0 Å². The number of ether oxygens (including phenoxy) is 2. The molecule has 0 saturated heterocycles. The van der Waals surface area contributed by atoms with Gasteiger partial charge in [0.2, 0.25) is 0 Å². The second-order valence-electron chi connectivity index (χ2n) is 4.93. The minimum absolute atomic E-state index is 0.646. The Bertz CT molecular complexity index is 391. The summed E-state index contributed by atoms with van der Waals surface area (Å²) in [6.07, 6.45) is -2.88. The van der Waals surface area contributed by atoms with E-state index in [2.05, 4.69) is 4.74 Å². The summed E-state index contributed by atoms with van der Waals surface area (Å²) in [7, 11) is 0. The molecule has 1 rings (SSSR count). The summed E-state index contributed by atoms with van der Waals surface area (Å²) in [5.41, 5.74) is -0.860. The first-order valence-corrected chi connectivity index (χ1v) is 5.33. The van der Waals surface area contributed by atoms with Crippen molar-refractivity contribution < 1.29 is 34.4 Å². The number of esters is 2. The average Bonchev–Trinajstić information content (AvgIpc) is 2.54. The van der Waals surface area contributed by atoms with Crippen LogP contribution in [0.2, 0.25) is 0 Å². The zero-order valence-electron chi connectivity index (χ0n) is 10.3. The number of carbonyl (C=O) groups excluding carboxylic acids is 2. The third-order valence-electron chi connectivity index (χ3n) is 2.27. The molecule has 0 bridgehead atoms. The molecule has 0 aliphatic carbocycles. The van der Waals surface area contributed by atoms with Crippen molar-refractivity contribution in [2.24, 2.45) is 5.41 Å². The molecule has 18 heavy (non-hydrogen) atoms. The molecular weight excluding hydrogens is 244 g/mol. The summed E-state index contributed by atoms with van der Waals surface area (Å²) in [5, 5.41) is 27.6. The Morgan fingerprint density at radius 1 is 1.50 bits per heavy atom. The van der Waals surface area contributed by atoms with Gasteiger partial charge in [-0.05, 0) is 20.8 Å². The van der Waals surface area contributed by atoms with E-state index in [9.17, 15) is 19.8 Å². The van der Waals surface area contributed by atoms with Crippen molar-refractivity contribution in [2.45, 2.75) is 33.0 Å². The second kappa shape index (κ2) is 4.95. The van der Waals surface area contributed by atoms with E-state index in [1.165, 1.54) is 0 Å². The van der Waals surface area contributed by atoms with Crippen LogP contribution in [0.25, 0.3) is 0 Å². The summed E-state index contributed by atoms with van der Waals surface area (Å²) in [6, 6.07) is 0. The van der Waals surface area contributed by atoms with Gasteiger partial charge in [0.25, 0.3) is 5.76 Å². The highest BCUT2D eigenvalue weighted by atomic mass is 16.6. The molecule has 0 amide bonds. The standard InChI is InChI=1S/C11H16O7/c1-11(2,3)10(16)18-8-6(14)7(5(13)4-12)17-9(8)15/h5,7,12-14H,4H2,1-3H3/t5-,7+/m0/s1. The van der Waals surface area contributed by atoms with Crippen LogP contribution in [0.15, 0.2) is 11.5 Å². The second-order valence-corrected chi connectivity index (χ2v) is 4.93. The minimum atomic E-state index is -1.47. The predicted octanol–water partition coefficient (Wildman–Crippen LogP) is -0.376. The fourth-order valence-electron chi connectivity index (χ4n) is 1.15. The Kier molecular flexibility index (Phi) is 3.98. The SMILES string of the molecule is CC(C)(C)C(=O)OC1=C(O)[C@@H]([C@@H](O)CO)OC1=O. The van der Waals surface area contributed by atoms with Gasteiger partial charge in [-0.1, -0.05) is 0 Å². The first-order valence-electron chi connectivity index (χ1n) is 5.33. The van der Waals surface area contributed by atoms with Gasteiger partial charge in [0.05, 0.1) is 12.0 Å². The lowest BCUT2D eigenvalue weighted by molar-refractivity contribution is -0.157. The highest BCUT2D eigenvalue weighted by molar-refractivity contribution is 5.93. The van der Waals surface area contributed by atoms with Gasteiger partial charge in [0, 0.05) is 0 Å². The van der Waals surface area contributed by atoms with E-state index in [0.717, 1.165) is 0 Å². The van der Waals surface area contributed by atoms with Gasteiger partial charge in [-0.3, -0.25) is 4.79 Å². The number of rotatable bonds is 3. The molecule has 0 saturated carbocycles. The zero-order chi connectivity index (χ0) is 14.1. The minimum Gasteiger partial charge on any atom is -0.505 e. The van der Waals surface area contributed by atoms with Crippen LogP contribution < -0.4 is 0 Å². The van der Waals surface area contributed by atoms with Gasteiger partial charge in [-0.25, -0.2) is 4.79 Å². The number of cyclic esters (lactones) is 1. The molecule has 0 aromatic carbocycles. The van der Waals surface area contributed by atoms with Crippen molar-refractivity contribution in [2.75, 3.05) is 6.61 Å². The Labute approximate surface area is 104 Å². The Hall–Kier alpha value is -1.60. The lowest BCUT2D eigenvalue weighted by Gasteiger charge is -2.15. The molecule has 0 unspecified atom stereocenters. The van der Waals surface area contributed by atoms with Crippen molar-refractivity contribution >= 4 is 11.9 Å². The quantitative estimate of drug-likeness (QED) is 0.593. The summed E-state index contributed by atoms with van der Waals surface area (Å²) >= 11 is 0. The molecule has 3 N–H and O–H groups in total. The number of hydrogen-bond donors (Lipinski definition) is 3. The number of aliphatic hydroxyl groups is 3. The van der Waals surface area contributed by atoms with E-state index < -0.39 is 47.7 Å². The molecule has 0 spiro atoms. The molecule has 7 nitrogen and oxygen atoms in total. The van der Waals surface area contributed by atoms with Crippen LogP contribution in [-0.2, 0) is 19.1 Å². The monoisotopic (exact) mass is 260 g/mol. The Balaban J connectivity index is 2.90. The van der Waals surface area contributed by atoms with Crippen molar-refractivity contribution in [1.82, 2.24) is 0 Å². The van der Waals surface area contributed by atoms with Gasteiger partial charge < -0.3 is 24.8 Å². The van der Waals surface area contributed by atoms with Crippen molar-refractivity contribution in [3.05, 3.63) is 11.5 Å². The van der Waals surface area contributed by atoms with Crippen LogP contribution >= 0.6 is 0 Å². The van der Waals surface area contributed by atoms with Gasteiger partial charge in [-0.15, -0.1) is 0 Å². The van der Waals surface area contributed by atoms with E-state index in [-0.39, 0.29) is 0 Å². The molecule has 0 aromatic heterocycles. The number of carbonyl (C=O) groups is 2. The third kappa shape index (κ3) is 2.80. The molecule has 102 valence electrons. The number of aliphatic hydroxyl groups excluding tert-OH is 3. The molecular formula is C11H16O7. The highest BCUT2D eigenvalue weighted by Gasteiger charge is 2.42. The van der Waals surface area contributed by atoms with Gasteiger partial charge in [-0.2, -0.15) is 0 Å². The first-order chi connectivity index (χ1) is 8.18. The average molecular weight is 260 g/mol. The Morgan fingerprint density at radius 3 is 2.50 bits per heavy atom. The molecule has 0 aromatic rings. The van der Waals surface area contributed by atoms with Crippen LogP contribution in [0.5, 0.6) is 0 Å². The largest absolute Gasteiger partial charge is 0.505 e. The molecule has 0 fully saturated rings. The Morgan fingerprint density at radius 2 is 2.06 bits per heavy atom. The van der Waals surface area contributed by atoms with Crippen LogP contribution in [-0.4, -0.2) is 46.1 Å². The fourth-order valence-corrected chi connectivity index (χ4v) is 1.15. The van der Waals surface area contributed by atoms with E-state index in [1.54, 1.807) is 20.8 Å². The first kappa shape index (κ1) is 14.5. The van der Waals surface area contributed by atoms with E-state index in [4.69, 9.17) is 9.84 Å². The van der Waals surface area contributed by atoms with Crippen molar-refractivity contribution in [3.8, 4) is 0 Å². The lowest BCUT2D eigenvalue weighted by atomic mass is 9.97. The maximum atomic E-state index is 11.6. The lowest BCUT2D eigenvalue weighted by Crippen LogP contribution is -2.31. The van der Waals surface area contributed by atoms with E-state index in [1.807, 2.05) is 0 Å². The molecule has 1 aliphatic heterocycles. The molecule has 0 radical (unpaired) electrons. The molecule has 1 heterocycles. The fraction of sp³-hybridized carbons (Fsp3) is 0.636. The summed E-state index contributed by atoms with van der Waals surface area (Å²) in [5.74, 6) is -3.12. The highest BCUT2D eigenvalue weighted by Crippen LogP contribution is 2.26. The van der Waals surface area contributed by atoms with Gasteiger partial charge in [0.15, 0.2) is 11.9 Å². The predicted molar refractivity (Wildman–Crippen MR) is 58.2 cm³/mol. The van der Waals surface area contributed by atoms with Crippen LogP contribution in [0, 0.1) is 5.41 Å². The van der Waals surface area contributed by atoms with Gasteiger partial charge >= 0.3 is 11.9 Å². The summed E-state index contributed by atoms with van der Waals surface area (Å²) in [6.45, 7) is 4.02. The summed E-state index contributed by atoms with van der Waals surface area (Å²) < 4.78 is 9.35. The van der Waals surface area contributed by atoms with Gasteiger partial charge in [0.1, 0.15) is 6.10 Å². The summed E-state index contributed by atoms with van der Waals surface area (Å²) in [4.78, 5) is 22.9. The smallest absolute Gasteiger partial charge is 0.378 e.